The van der Waals surface area contributed by atoms with E-state index in [0.29, 0.717) is 38.4 Å². The van der Waals surface area contributed by atoms with Gasteiger partial charge in [0.15, 0.2) is 5.72 Å². The Bertz CT molecular complexity index is 1410. The highest BCUT2D eigenvalue weighted by Gasteiger charge is 2.55. The van der Waals surface area contributed by atoms with Gasteiger partial charge in [-0.25, -0.2) is 0 Å². The van der Waals surface area contributed by atoms with Crippen LogP contribution in [-0.2, 0) is 22.6 Å². The first kappa shape index (κ1) is 26.4. The fourth-order valence-electron chi connectivity index (χ4n) is 5.01. The van der Waals surface area contributed by atoms with Gasteiger partial charge in [-0.1, -0.05) is 54.1 Å². The summed E-state index contributed by atoms with van der Waals surface area (Å²) >= 11 is 6.23. The van der Waals surface area contributed by atoms with Crippen molar-refractivity contribution >= 4 is 17.5 Å². The van der Waals surface area contributed by atoms with Gasteiger partial charge in [0.2, 0.25) is 0 Å². The van der Waals surface area contributed by atoms with Crippen molar-refractivity contribution in [2.45, 2.75) is 37.6 Å². The number of amides is 1. The molecule has 0 aromatic heterocycles. The van der Waals surface area contributed by atoms with E-state index in [9.17, 15) is 25.4 Å². The summed E-state index contributed by atoms with van der Waals surface area (Å²) in [6, 6.07) is 21.4. The van der Waals surface area contributed by atoms with Gasteiger partial charge < -0.3 is 20.1 Å². The van der Waals surface area contributed by atoms with Crippen molar-refractivity contribution in [1.82, 2.24) is 4.90 Å². The molecule has 38 heavy (non-hydrogen) atoms. The van der Waals surface area contributed by atoms with Gasteiger partial charge in [0.25, 0.3) is 5.91 Å². The first-order chi connectivity index (χ1) is 18.2. The van der Waals surface area contributed by atoms with Crippen molar-refractivity contribution < 1.29 is 24.9 Å². The van der Waals surface area contributed by atoms with Crippen LogP contribution >= 0.6 is 11.6 Å². The van der Waals surface area contributed by atoms with Crippen LogP contribution in [0.4, 0.5) is 0 Å². The number of halogens is 1. The quantitative estimate of drug-likeness (QED) is 0.383. The molecule has 2 atom stereocenters. The number of benzene rings is 3. The third-order valence-corrected chi connectivity index (χ3v) is 8.00. The molecule has 1 aliphatic heterocycles. The molecular formula is C30H29ClN2O5. The molecule has 196 valence electrons. The highest BCUT2D eigenvalue weighted by molar-refractivity contribution is 6.30. The molecule has 5 rings (SSSR count). The van der Waals surface area contributed by atoms with Gasteiger partial charge in [-0.3, -0.25) is 9.69 Å². The predicted molar refractivity (Wildman–Crippen MR) is 141 cm³/mol. The maximum atomic E-state index is 14.2. The monoisotopic (exact) mass is 532 g/mol. The van der Waals surface area contributed by atoms with Crippen LogP contribution in [0.15, 0.2) is 66.7 Å². The standard InChI is InChI=1S/C30H29ClN2O5/c1-28(37,17-34)23-8-11-26-25(14-23)27(36)33(16-21-5-3-2-4-20(21)15-32)30(26,22-6-9-24(31)10-7-22)38-19-29(18-35)12-13-29/h2-11,14,34-35,37H,12-13,16-19H2,1H3/t28?,30-/m1/s1. The van der Waals surface area contributed by atoms with Gasteiger partial charge in [-0.2, -0.15) is 5.26 Å². The SMILES string of the molecule is CC(O)(CO)c1ccc2c(c1)C(=O)N(Cc1ccccc1C#N)[C@@]2(OCC1(CO)CC1)c1ccc(Cl)cc1. The molecule has 1 unspecified atom stereocenters. The van der Waals surface area contributed by atoms with Crippen LogP contribution < -0.4 is 0 Å². The van der Waals surface area contributed by atoms with Crippen molar-refractivity contribution in [2.75, 3.05) is 19.8 Å². The Kier molecular flexibility index (Phi) is 6.80. The zero-order valence-electron chi connectivity index (χ0n) is 21.0. The lowest BCUT2D eigenvalue weighted by Crippen LogP contribution is -2.47. The van der Waals surface area contributed by atoms with E-state index in [1.54, 1.807) is 53.4 Å². The van der Waals surface area contributed by atoms with Gasteiger partial charge in [-0.15, -0.1) is 0 Å². The van der Waals surface area contributed by atoms with Crippen LogP contribution in [0.1, 0.15) is 57.9 Å². The molecule has 1 fully saturated rings. The number of hydrogen-bond donors (Lipinski definition) is 3. The number of rotatable bonds is 9. The van der Waals surface area contributed by atoms with Crippen molar-refractivity contribution in [3.63, 3.8) is 0 Å². The average Bonchev–Trinajstić information content (AvgIpc) is 3.69. The predicted octanol–water partition coefficient (Wildman–Crippen LogP) is 4.06. The van der Waals surface area contributed by atoms with Crippen molar-refractivity contribution in [3.05, 3.63) is 105 Å². The third kappa shape index (κ3) is 4.39. The molecule has 1 saturated carbocycles. The summed E-state index contributed by atoms with van der Waals surface area (Å²) in [6.07, 6.45) is 1.63. The van der Waals surface area contributed by atoms with Gasteiger partial charge in [0.1, 0.15) is 5.60 Å². The van der Waals surface area contributed by atoms with Crippen LogP contribution in [0.3, 0.4) is 0 Å². The van der Waals surface area contributed by atoms with E-state index < -0.39 is 17.9 Å². The van der Waals surface area contributed by atoms with Gasteiger partial charge >= 0.3 is 0 Å². The Balaban J connectivity index is 1.73. The summed E-state index contributed by atoms with van der Waals surface area (Å²) in [5.41, 5.74) is -0.238. The molecule has 1 heterocycles. The summed E-state index contributed by atoms with van der Waals surface area (Å²) in [6.45, 7) is 1.23. The lowest BCUT2D eigenvalue weighted by molar-refractivity contribution is -0.129. The molecule has 0 bridgehead atoms. The summed E-state index contributed by atoms with van der Waals surface area (Å²) in [5.74, 6) is -0.341. The first-order valence-electron chi connectivity index (χ1n) is 12.5. The van der Waals surface area contributed by atoms with E-state index in [-0.39, 0.29) is 31.1 Å². The summed E-state index contributed by atoms with van der Waals surface area (Å²) in [7, 11) is 0. The van der Waals surface area contributed by atoms with E-state index in [0.717, 1.165) is 12.8 Å². The first-order valence-corrected chi connectivity index (χ1v) is 12.9. The van der Waals surface area contributed by atoms with Gasteiger partial charge in [0, 0.05) is 27.1 Å². The summed E-state index contributed by atoms with van der Waals surface area (Å²) < 4.78 is 6.75. The number of ether oxygens (including phenoxy) is 1. The molecule has 1 amide bonds. The number of nitrogens with zero attached hydrogens (tertiary/aromatic N) is 2. The van der Waals surface area contributed by atoms with E-state index in [1.165, 1.54) is 6.92 Å². The number of carbonyl (C=O) groups is 1. The van der Waals surface area contributed by atoms with Crippen molar-refractivity contribution in [3.8, 4) is 6.07 Å². The van der Waals surface area contributed by atoms with E-state index in [4.69, 9.17) is 16.3 Å². The fourth-order valence-corrected chi connectivity index (χ4v) is 5.13. The average molecular weight is 533 g/mol. The normalized spacial score (nSPS) is 21.1. The highest BCUT2D eigenvalue weighted by Crippen LogP contribution is 2.51. The number of fused-ring (bicyclic) bond motifs is 1. The number of hydrogen-bond acceptors (Lipinski definition) is 6. The van der Waals surface area contributed by atoms with Crippen LogP contribution in [0.2, 0.25) is 5.02 Å². The minimum Gasteiger partial charge on any atom is -0.396 e. The molecule has 7 nitrogen and oxygen atoms in total. The van der Waals surface area contributed by atoms with Gasteiger partial charge in [0.05, 0.1) is 38.0 Å². The lowest BCUT2D eigenvalue weighted by Gasteiger charge is -2.40. The Morgan fingerprint density at radius 3 is 2.45 bits per heavy atom. The zero-order chi connectivity index (χ0) is 27.1. The molecule has 2 aliphatic rings. The topological polar surface area (TPSA) is 114 Å². The van der Waals surface area contributed by atoms with Crippen molar-refractivity contribution in [2.24, 2.45) is 5.41 Å². The van der Waals surface area contributed by atoms with Gasteiger partial charge in [-0.05, 0) is 55.2 Å². The molecule has 8 heteroatoms. The molecule has 0 spiro atoms. The molecule has 0 radical (unpaired) electrons. The molecular weight excluding hydrogens is 504 g/mol. The Hall–Kier alpha value is -3.25. The van der Waals surface area contributed by atoms with Crippen molar-refractivity contribution in [1.29, 1.82) is 5.26 Å². The summed E-state index contributed by atoms with van der Waals surface area (Å²) in [4.78, 5) is 15.8. The Morgan fingerprint density at radius 2 is 1.82 bits per heavy atom. The second-order valence-corrected chi connectivity index (χ2v) is 10.9. The number of carbonyl (C=O) groups excluding carboxylic acids is 1. The molecule has 0 saturated heterocycles. The second-order valence-electron chi connectivity index (χ2n) is 10.5. The van der Waals surface area contributed by atoms with Crippen LogP contribution in [0, 0.1) is 16.7 Å². The van der Waals surface area contributed by atoms with E-state index in [2.05, 4.69) is 6.07 Å². The second kappa shape index (κ2) is 9.81. The Labute approximate surface area is 226 Å². The van der Waals surface area contributed by atoms with Crippen LogP contribution in [-0.4, -0.2) is 45.9 Å². The number of aliphatic hydroxyl groups excluding tert-OH is 2. The highest BCUT2D eigenvalue weighted by atomic mass is 35.5. The zero-order valence-corrected chi connectivity index (χ0v) is 21.8. The number of aliphatic hydroxyl groups is 3. The summed E-state index contributed by atoms with van der Waals surface area (Å²) in [5, 5.41) is 40.8. The van der Waals surface area contributed by atoms with E-state index in [1.807, 2.05) is 18.2 Å². The maximum Gasteiger partial charge on any atom is 0.257 e. The fraction of sp³-hybridized carbons (Fsp3) is 0.333. The molecule has 1 aliphatic carbocycles. The number of nitriles is 1. The molecule has 3 aromatic rings. The molecule has 3 N–H and O–H groups in total. The van der Waals surface area contributed by atoms with E-state index >= 15 is 0 Å². The Morgan fingerprint density at radius 1 is 1.11 bits per heavy atom. The third-order valence-electron chi connectivity index (χ3n) is 7.75. The van der Waals surface area contributed by atoms with Crippen LogP contribution in [0.25, 0.3) is 0 Å². The smallest absolute Gasteiger partial charge is 0.257 e. The minimum absolute atomic E-state index is 0.0277. The largest absolute Gasteiger partial charge is 0.396 e. The minimum atomic E-state index is -1.55. The molecule has 3 aromatic carbocycles. The lowest BCUT2D eigenvalue weighted by atomic mass is 9.88. The van der Waals surface area contributed by atoms with Crippen LogP contribution in [0.5, 0.6) is 0 Å². The maximum absolute atomic E-state index is 14.2.